The summed E-state index contributed by atoms with van der Waals surface area (Å²) >= 11 is 0. The Morgan fingerprint density at radius 1 is 1.38 bits per heavy atom. The predicted molar refractivity (Wildman–Crippen MR) is 64.5 cm³/mol. The van der Waals surface area contributed by atoms with E-state index in [0.29, 0.717) is 0 Å². The molecule has 1 saturated carbocycles. The second-order valence-electron chi connectivity index (χ2n) is 6.35. The Labute approximate surface area is 97.3 Å². The molecule has 1 heterocycles. The molecule has 1 aromatic rings. The average Bonchev–Trinajstić information content (AvgIpc) is 2.90. The lowest BCUT2D eigenvalue weighted by molar-refractivity contribution is 0.0979. The number of hydrogen-bond donors (Lipinski definition) is 1. The zero-order valence-corrected chi connectivity index (χ0v) is 10.5. The van der Waals surface area contributed by atoms with Crippen LogP contribution in [0.25, 0.3) is 0 Å². The third kappa shape index (κ3) is 1.51. The van der Waals surface area contributed by atoms with Crippen LogP contribution in [-0.2, 0) is 6.42 Å². The van der Waals surface area contributed by atoms with Crippen LogP contribution in [0.4, 0.5) is 0 Å². The van der Waals surface area contributed by atoms with Gasteiger partial charge in [0.15, 0.2) is 0 Å². The first-order valence-corrected chi connectivity index (χ1v) is 6.37. The molecule has 3 rings (SSSR count). The number of aliphatic hydroxyl groups excluding tert-OH is 1. The zero-order chi connectivity index (χ0) is 11.5. The summed E-state index contributed by atoms with van der Waals surface area (Å²) in [6, 6.07) is 2.93. The minimum Gasteiger partial charge on any atom is -0.388 e. The molecular weight excluding hydrogens is 198 g/mol. The van der Waals surface area contributed by atoms with Crippen molar-refractivity contribution in [3.63, 3.8) is 0 Å². The van der Waals surface area contributed by atoms with Gasteiger partial charge in [-0.2, -0.15) is 0 Å². The molecule has 0 aliphatic heterocycles. The van der Waals surface area contributed by atoms with E-state index in [1.807, 2.05) is 0 Å². The number of nitrogens with zero attached hydrogens (tertiary/aromatic N) is 1. The highest BCUT2D eigenvalue weighted by Crippen LogP contribution is 2.46. The standard InChI is InChI=1S/C14H21NO/c1-9-6-11-12(15(9)10-4-5-10)7-14(2,3)8-13(11)16/h6,10,13,16H,4-5,7-8H2,1-3H3. The first kappa shape index (κ1) is 10.4. The Morgan fingerprint density at radius 3 is 2.69 bits per heavy atom. The second kappa shape index (κ2) is 3.13. The number of rotatable bonds is 1. The van der Waals surface area contributed by atoms with Gasteiger partial charge in [-0.3, -0.25) is 0 Å². The monoisotopic (exact) mass is 219 g/mol. The molecule has 0 radical (unpaired) electrons. The van der Waals surface area contributed by atoms with Crippen molar-refractivity contribution in [3.8, 4) is 0 Å². The second-order valence-corrected chi connectivity index (χ2v) is 6.35. The van der Waals surface area contributed by atoms with Crippen molar-refractivity contribution in [1.29, 1.82) is 0 Å². The fraction of sp³-hybridized carbons (Fsp3) is 0.714. The van der Waals surface area contributed by atoms with Crippen LogP contribution >= 0.6 is 0 Å². The fourth-order valence-electron chi connectivity index (χ4n) is 3.21. The topological polar surface area (TPSA) is 25.2 Å². The van der Waals surface area contributed by atoms with E-state index in [4.69, 9.17) is 0 Å². The zero-order valence-electron chi connectivity index (χ0n) is 10.5. The van der Waals surface area contributed by atoms with E-state index in [1.165, 1.54) is 29.8 Å². The Kier molecular flexibility index (Phi) is 2.03. The van der Waals surface area contributed by atoms with Gasteiger partial charge in [0, 0.05) is 23.0 Å². The first-order chi connectivity index (χ1) is 7.48. The van der Waals surface area contributed by atoms with Gasteiger partial charge in [0.1, 0.15) is 0 Å². The van der Waals surface area contributed by atoms with E-state index in [-0.39, 0.29) is 11.5 Å². The van der Waals surface area contributed by atoms with Gasteiger partial charge in [-0.15, -0.1) is 0 Å². The number of aryl methyl sites for hydroxylation is 1. The maximum Gasteiger partial charge on any atom is 0.0812 e. The summed E-state index contributed by atoms with van der Waals surface area (Å²) in [5.41, 5.74) is 4.18. The molecular formula is C14H21NO. The molecule has 2 aliphatic rings. The normalized spacial score (nSPS) is 27.9. The van der Waals surface area contributed by atoms with Crippen molar-refractivity contribution in [2.45, 2.75) is 58.6 Å². The molecule has 0 saturated heterocycles. The summed E-state index contributed by atoms with van der Waals surface area (Å²) in [4.78, 5) is 0. The van der Waals surface area contributed by atoms with Crippen molar-refractivity contribution in [3.05, 3.63) is 23.0 Å². The largest absolute Gasteiger partial charge is 0.388 e. The summed E-state index contributed by atoms with van der Waals surface area (Å²) in [7, 11) is 0. The molecule has 0 amide bonds. The van der Waals surface area contributed by atoms with Gasteiger partial charge >= 0.3 is 0 Å². The van der Waals surface area contributed by atoms with Gasteiger partial charge in [-0.25, -0.2) is 0 Å². The lowest BCUT2D eigenvalue weighted by Gasteiger charge is -2.34. The molecule has 1 unspecified atom stereocenters. The number of fused-ring (bicyclic) bond motifs is 1. The van der Waals surface area contributed by atoms with E-state index < -0.39 is 0 Å². The molecule has 2 aliphatic carbocycles. The lowest BCUT2D eigenvalue weighted by Crippen LogP contribution is -2.26. The van der Waals surface area contributed by atoms with Crippen LogP contribution in [0.3, 0.4) is 0 Å². The Morgan fingerprint density at radius 2 is 2.06 bits per heavy atom. The Bertz CT molecular complexity index is 426. The van der Waals surface area contributed by atoms with E-state index in [2.05, 4.69) is 31.4 Å². The van der Waals surface area contributed by atoms with Crippen LogP contribution in [0.5, 0.6) is 0 Å². The molecule has 0 bridgehead atoms. The molecule has 1 N–H and O–H groups in total. The van der Waals surface area contributed by atoms with Gasteiger partial charge < -0.3 is 9.67 Å². The highest BCUT2D eigenvalue weighted by atomic mass is 16.3. The molecule has 2 heteroatoms. The van der Waals surface area contributed by atoms with Crippen LogP contribution in [0.15, 0.2) is 6.07 Å². The summed E-state index contributed by atoms with van der Waals surface area (Å²) in [5, 5.41) is 10.2. The van der Waals surface area contributed by atoms with Crippen molar-refractivity contribution in [2.24, 2.45) is 5.41 Å². The first-order valence-electron chi connectivity index (χ1n) is 6.37. The van der Waals surface area contributed by atoms with E-state index in [1.54, 1.807) is 0 Å². The van der Waals surface area contributed by atoms with Crippen LogP contribution in [0, 0.1) is 12.3 Å². The summed E-state index contributed by atoms with van der Waals surface area (Å²) < 4.78 is 2.49. The molecule has 2 nitrogen and oxygen atoms in total. The van der Waals surface area contributed by atoms with Crippen LogP contribution in [-0.4, -0.2) is 9.67 Å². The maximum atomic E-state index is 10.2. The lowest BCUT2D eigenvalue weighted by atomic mass is 9.75. The highest BCUT2D eigenvalue weighted by Gasteiger charge is 2.37. The fourth-order valence-corrected chi connectivity index (χ4v) is 3.21. The molecule has 16 heavy (non-hydrogen) atoms. The SMILES string of the molecule is Cc1cc2c(n1C1CC1)CC(C)(C)CC2O. The summed E-state index contributed by atoms with van der Waals surface area (Å²) in [6.07, 6.45) is 4.40. The van der Waals surface area contributed by atoms with E-state index >= 15 is 0 Å². The number of hydrogen-bond acceptors (Lipinski definition) is 1. The smallest absolute Gasteiger partial charge is 0.0812 e. The molecule has 1 atom stereocenters. The number of aliphatic hydroxyl groups is 1. The molecule has 88 valence electrons. The minimum atomic E-state index is -0.252. The molecule has 1 aromatic heterocycles. The Hall–Kier alpha value is -0.760. The van der Waals surface area contributed by atoms with Crippen molar-refractivity contribution < 1.29 is 5.11 Å². The maximum absolute atomic E-state index is 10.2. The van der Waals surface area contributed by atoms with Crippen LogP contribution in [0.1, 0.15) is 62.2 Å². The van der Waals surface area contributed by atoms with Gasteiger partial charge in [0.25, 0.3) is 0 Å². The summed E-state index contributed by atoms with van der Waals surface area (Å²) in [6.45, 7) is 6.70. The van der Waals surface area contributed by atoms with Crippen molar-refractivity contribution in [2.75, 3.05) is 0 Å². The van der Waals surface area contributed by atoms with Crippen molar-refractivity contribution >= 4 is 0 Å². The third-order valence-electron chi connectivity index (χ3n) is 4.03. The van der Waals surface area contributed by atoms with Gasteiger partial charge in [0.05, 0.1) is 6.10 Å². The van der Waals surface area contributed by atoms with Gasteiger partial charge in [0.2, 0.25) is 0 Å². The van der Waals surface area contributed by atoms with Crippen molar-refractivity contribution in [1.82, 2.24) is 4.57 Å². The highest BCUT2D eigenvalue weighted by molar-refractivity contribution is 5.34. The van der Waals surface area contributed by atoms with E-state index in [9.17, 15) is 5.11 Å². The minimum absolute atomic E-state index is 0.240. The average molecular weight is 219 g/mol. The van der Waals surface area contributed by atoms with Crippen LogP contribution < -0.4 is 0 Å². The van der Waals surface area contributed by atoms with E-state index in [0.717, 1.165) is 18.9 Å². The predicted octanol–water partition coefficient (Wildman–Crippen LogP) is 3.14. The Balaban J connectivity index is 2.10. The van der Waals surface area contributed by atoms with Gasteiger partial charge in [-0.05, 0) is 44.1 Å². The molecule has 0 aromatic carbocycles. The van der Waals surface area contributed by atoms with Gasteiger partial charge in [-0.1, -0.05) is 13.8 Å². The van der Waals surface area contributed by atoms with Crippen LogP contribution in [0.2, 0.25) is 0 Å². The molecule has 1 fully saturated rings. The third-order valence-corrected chi connectivity index (χ3v) is 4.03. The summed E-state index contributed by atoms with van der Waals surface area (Å²) in [5.74, 6) is 0. The molecule has 0 spiro atoms. The number of aromatic nitrogens is 1. The quantitative estimate of drug-likeness (QED) is 0.771.